The van der Waals surface area contributed by atoms with Crippen LogP contribution in [0.15, 0.2) is 6.07 Å². The van der Waals surface area contributed by atoms with E-state index in [0.29, 0.717) is 19.1 Å². The van der Waals surface area contributed by atoms with Crippen LogP contribution in [-0.4, -0.2) is 24.1 Å². The summed E-state index contributed by atoms with van der Waals surface area (Å²) in [5.74, 6) is 0.421. The number of hydrogen-bond donors (Lipinski definition) is 1. The van der Waals surface area contributed by atoms with Crippen LogP contribution in [0.3, 0.4) is 0 Å². The summed E-state index contributed by atoms with van der Waals surface area (Å²) in [4.78, 5) is 0. The summed E-state index contributed by atoms with van der Waals surface area (Å²) in [5, 5.41) is 10.2. The van der Waals surface area contributed by atoms with E-state index in [1.807, 2.05) is 20.8 Å². The van der Waals surface area contributed by atoms with Crippen molar-refractivity contribution in [2.24, 2.45) is 5.41 Å². The fourth-order valence-electron chi connectivity index (χ4n) is 2.79. The van der Waals surface area contributed by atoms with Crippen LogP contribution < -0.4 is 0 Å². The molecular formula is C17H26O3. The lowest BCUT2D eigenvalue weighted by Crippen LogP contribution is -2.45. The Kier molecular flexibility index (Phi) is 3.87. The first-order chi connectivity index (χ1) is 9.18. The molecule has 1 aromatic carbocycles. The van der Waals surface area contributed by atoms with Crippen LogP contribution in [0.5, 0.6) is 5.75 Å². The van der Waals surface area contributed by atoms with Crippen LogP contribution in [0, 0.1) is 26.2 Å². The summed E-state index contributed by atoms with van der Waals surface area (Å²) < 4.78 is 11.2. The molecule has 1 fully saturated rings. The lowest BCUT2D eigenvalue weighted by molar-refractivity contribution is -0.0687. The molecule has 1 aromatic rings. The van der Waals surface area contributed by atoms with Crippen molar-refractivity contribution in [1.82, 2.24) is 0 Å². The third-order valence-corrected chi connectivity index (χ3v) is 5.08. The Morgan fingerprint density at radius 1 is 1.25 bits per heavy atom. The monoisotopic (exact) mass is 278 g/mol. The fraction of sp³-hybridized carbons (Fsp3) is 0.647. The minimum atomic E-state index is -0.284. The number of benzene rings is 1. The Morgan fingerprint density at radius 2 is 1.90 bits per heavy atom. The second kappa shape index (κ2) is 5.05. The van der Waals surface area contributed by atoms with Gasteiger partial charge in [-0.15, -0.1) is 0 Å². The van der Waals surface area contributed by atoms with Gasteiger partial charge in [-0.3, -0.25) is 0 Å². The van der Waals surface area contributed by atoms with Crippen LogP contribution in [-0.2, 0) is 15.9 Å². The molecule has 0 amide bonds. The van der Waals surface area contributed by atoms with Crippen LogP contribution >= 0.6 is 0 Å². The van der Waals surface area contributed by atoms with Gasteiger partial charge < -0.3 is 14.6 Å². The smallest absolute Gasteiger partial charge is 0.147 e. The predicted octanol–water partition coefficient (Wildman–Crippen LogP) is 3.65. The quantitative estimate of drug-likeness (QED) is 0.917. The fourth-order valence-corrected chi connectivity index (χ4v) is 2.79. The molecule has 1 heterocycles. The zero-order chi connectivity index (χ0) is 15.1. The maximum Gasteiger partial charge on any atom is 0.147 e. The van der Waals surface area contributed by atoms with Gasteiger partial charge in [0.2, 0.25) is 0 Å². The minimum absolute atomic E-state index is 0.0671. The Balaban J connectivity index is 2.34. The van der Waals surface area contributed by atoms with Gasteiger partial charge in [-0.2, -0.15) is 0 Å². The van der Waals surface area contributed by atoms with Gasteiger partial charge in [0, 0.05) is 0 Å². The lowest BCUT2D eigenvalue weighted by atomic mass is 9.71. The molecule has 0 saturated carbocycles. The second-order valence-corrected chi connectivity index (χ2v) is 6.85. The molecule has 1 atom stereocenters. The summed E-state index contributed by atoms with van der Waals surface area (Å²) in [6, 6.07) is 2.19. The van der Waals surface area contributed by atoms with Gasteiger partial charge in [-0.05, 0) is 61.8 Å². The maximum atomic E-state index is 10.2. The average molecular weight is 278 g/mol. The summed E-state index contributed by atoms with van der Waals surface area (Å²) in [6.07, 6.45) is 0.855. The molecule has 0 spiro atoms. The standard InChI is InChI=1S/C17H26O3/c1-11-7-14(13(3)15(18)12(11)2)8-16(4,5)17(6)9-19-10-20-17/h7,18H,8-10H2,1-6H3. The van der Waals surface area contributed by atoms with Gasteiger partial charge >= 0.3 is 0 Å². The maximum absolute atomic E-state index is 10.2. The number of aromatic hydroxyl groups is 1. The van der Waals surface area contributed by atoms with Crippen molar-refractivity contribution in [3.63, 3.8) is 0 Å². The first-order valence-corrected chi connectivity index (χ1v) is 7.18. The third-order valence-electron chi connectivity index (χ3n) is 5.08. The van der Waals surface area contributed by atoms with Crippen LogP contribution in [0.25, 0.3) is 0 Å². The topological polar surface area (TPSA) is 38.7 Å². The predicted molar refractivity (Wildman–Crippen MR) is 80.1 cm³/mol. The first-order valence-electron chi connectivity index (χ1n) is 7.18. The molecule has 0 bridgehead atoms. The molecular weight excluding hydrogens is 252 g/mol. The van der Waals surface area contributed by atoms with Crippen molar-refractivity contribution >= 4 is 0 Å². The number of hydrogen-bond acceptors (Lipinski definition) is 3. The molecule has 3 heteroatoms. The highest BCUT2D eigenvalue weighted by Gasteiger charge is 2.45. The zero-order valence-corrected chi connectivity index (χ0v) is 13.5. The van der Waals surface area contributed by atoms with E-state index in [0.717, 1.165) is 23.1 Å². The molecule has 3 nitrogen and oxygen atoms in total. The van der Waals surface area contributed by atoms with Gasteiger partial charge in [-0.1, -0.05) is 19.9 Å². The molecule has 1 N–H and O–H groups in total. The highest BCUT2D eigenvalue weighted by molar-refractivity contribution is 5.48. The SMILES string of the molecule is Cc1cc(CC(C)(C)C2(C)COCO2)c(C)c(O)c1C. The van der Waals surface area contributed by atoms with Gasteiger partial charge in [0.25, 0.3) is 0 Å². The van der Waals surface area contributed by atoms with Gasteiger partial charge in [0.1, 0.15) is 12.5 Å². The van der Waals surface area contributed by atoms with E-state index >= 15 is 0 Å². The molecule has 0 aromatic heterocycles. The molecule has 1 aliphatic heterocycles. The highest BCUT2D eigenvalue weighted by atomic mass is 16.7. The Morgan fingerprint density at radius 3 is 2.45 bits per heavy atom. The third kappa shape index (κ3) is 2.45. The molecule has 1 saturated heterocycles. The lowest BCUT2D eigenvalue weighted by Gasteiger charge is -2.40. The van der Waals surface area contributed by atoms with E-state index in [1.165, 1.54) is 5.56 Å². The summed E-state index contributed by atoms with van der Waals surface area (Å²) >= 11 is 0. The van der Waals surface area contributed by atoms with Crippen LogP contribution in [0.4, 0.5) is 0 Å². The van der Waals surface area contributed by atoms with Gasteiger partial charge in [0.15, 0.2) is 0 Å². The number of aryl methyl sites for hydroxylation is 1. The molecule has 1 unspecified atom stereocenters. The molecule has 0 radical (unpaired) electrons. The van der Waals surface area contributed by atoms with Crippen molar-refractivity contribution in [2.75, 3.05) is 13.4 Å². The zero-order valence-electron chi connectivity index (χ0n) is 13.5. The summed E-state index contributed by atoms with van der Waals surface area (Å²) in [7, 11) is 0. The molecule has 2 rings (SSSR count). The Labute approximate surface area is 121 Å². The average Bonchev–Trinajstić information content (AvgIpc) is 2.82. The summed E-state index contributed by atoms with van der Waals surface area (Å²) in [5.41, 5.74) is 3.91. The minimum Gasteiger partial charge on any atom is -0.507 e. The first kappa shape index (κ1) is 15.3. The van der Waals surface area contributed by atoms with Gasteiger partial charge in [0.05, 0.1) is 12.2 Å². The number of phenolic OH excluding ortho intramolecular Hbond substituents is 1. The summed E-state index contributed by atoms with van der Waals surface area (Å²) in [6.45, 7) is 13.5. The van der Waals surface area contributed by atoms with E-state index in [2.05, 4.69) is 26.8 Å². The van der Waals surface area contributed by atoms with Crippen molar-refractivity contribution < 1.29 is 14.6 Å². The van der Waals surface area contributed by atoms with E-state index in [4.69, 9.17) is 9.47 Å². The largest absolute Gasteiger partial charge is 0.507 e. The van der Waals surface area contributed by atoms with E-state index < -0.39 is 0 Å². The van der Waals surface area contributed by atoms with Crippen molar-refractivity contribution in [2.45, 2.75) is 53.6 Å². The second-order valence-electron chi connectivity index (χ2n) is 6.85. The van der Waals surface area contributed by atoms with Gasteiger partial charge in [-0.25, -0.2) is 0 Å². The van der Waals surface area contributed by atoms with Crippen LogP contribution in [0.2, 0.25) is 0 Å². The normalized spacial score (nSPS) is 23.3. The van der Waals surface area contributed by atoms with Crippen molar-refractivity contribution in [1.29, 1.82) is 0 Å². The number of ether oxygens (including phenoxy) is 2. The van der Waals surface area contributed by atoms with E-state index in [9.17, 15) is 5.11 Å². The molecule has 0 aliphatic carbocycles. The van der Waals surface area contributed by atoms with Crippen molar-refractivity contribution in [3.05, 3.63) is 28.3 Å². The number of phenols is 1. The molecule has 1 aliphatic rings. The van der Waals surface area contributed by atoms with Crippen molar-refractivity contribution in [3.8, 4) is 5.75 Å². The van der Waals surface area contributed by atoms with E-state index in [1.54, 1.807) is 0 Å². The molecule has 112 valence electrons. The molecule has 20 heavy (non-hydrogen) atoms. The Hall–Kier alpha value is -1.06. The Bertz CT molecular complexity index is 511. The number of rotatable bonds is 3. The van der Waals surface area contributed by atoms with E-state index in [-0.39, 0.29) is 11.0 Å². The highest BCUT2D eigenvalue weighted by Crippen LogP contribution is 2.41. The van der Waals surface area contributed by atoms with Crippen LogP contribution in [0.1, 0.15) is 43.0 Å².